The molecule has 23 heavy (non-hydrogen) atoms. The molecular formula is C16H23N3O3S. The Balaban J connectivity index is 1.64. The average Bonchev–Trinajstić information content (AvgIpc) is 2.87. The molecule has 0 spiro atoms. The van der Waals surface area contributed by atoms with Crippen molar-refractivity contribution in [1.82, 2.24) is 5.32 Å². The van der Waals surface area contributed by atoms with Crippen LogP contribution in [0.4, 0.5) is 16.2 Å². The van der Waals surface area contributed by atoms with E-state index in [1.165, 1.54) is 19.3 Å². The lowest BCUT2D eigenvalue weighted by Gasteiger charge is -2.30. The van der Waals surface area contributed by atoms with Crippen LogP contribution in [0.15, 0.2) is 24.3 Å². The van der Waals surface area contributed by atoms with E-state index in [1.54, 1.807) is 0 Å². The standard InChI is InChI=1S/C16H23N3O3S/c20-16(17-13-8-11-23(21,22)12-13)18-14-6-2-3-7-15(14)19-9-4-1-5-10-19/h2-3,6-7,13H,1,4-5,8-12H2,(H2,17,18,20)/t13-/m0/s1. The fraction of sp³-hybridized carbons (Fsp3) is 0.562. The number of nitrogens with one attached hydrogen (secondary N) is 2. The van der Waals surface area contributed by atoms with Crippen LogP contribution in [-0.2, 0) is 9.84 Å². The van der Waals surface area contributed by atoms with Gasteiger partial charge < -0.3 is 15.5 Å². The van der Waals surface area contributed by atoms with Crippen molar-refractivity contribution < 1.29 is 13.2 Å². The molecule has 0 bridgehead atoms. The van der Waals surface area contributed by atoms with Crippen LogP contribution in [0.1, 0.15) is 25.7 Å². The molecule has 0 unspecified atom stereocenters. The molecule has 0 saturated carbocycles. The number of benzene rings is 1. The number of urea groups is 1. The van der Waals surface area contributed by atoms with Gasteiger partial charge in [0.05, 0.1) is 22.9 Å². The molecule has 1 aromatic carbocycles. The summed E-state index contributed by atoms with van der Waals surface area (Å²) in [6.45, 7) is 2.00. The molecule has 1 atom stereocenters. The third-order valence-electron chi connectivity index (χ3n) is 4.42. The van der Waals surface area contributed by atoms with Crippen molar-refractivity contribution in [1.29, 1.82) is 0 Å². The van der Waals surface area contributed by atoms with Gasteiger partial charge in [-0.25, -0.2) is 13.2 Å². The van der Waals surface area contributed by atoms with Gasteiger partial charge in [0.1, 0.15) is 0 Å². The van der Waals surface area contributed by atoms with Crippen LogP contribution < -0.4 is 15.5 Å². The third-order valence-corrected chi connectivity index (χ3v) is 6.18. The first-order valence-electron chi connectivity index (χ1n) is 8.15. The number of hydrogen-bond donors (Lipinski definition) is 2. The number of piperidine rings is 1. The Morgan fingerprint density at radius 2 is 1.87 bits per heavy atom. The molecule has 2 N–H and O–H groups in total. The van der Waals surface area contributed by atoms with E-state index in [4.69, 9.17) is 0 Å². The van der Waals surface area contributed by atoms with Gasteiger partial charge in [0, 0.05) is 19.1 Å². The summed E-state index contributed by atoms with van der Waals surface area (Å²) in [5.74, 6) is 0.191. The number of sulfone groups is 1. The van der Waals surface area contributed by atoms with Crippen LogP contribution in [0.5, 0.6) is 0 Å². The third kappa shape index (κ3) is 4.16. The molecule has 6 nitrogen and oxygen atoms in total. The van der Waals surface area contributed by atoms with Crippen molar-refractivity contribution >= 4 is 27.2 Å². The Bertz CT molecular complexity index is 669. The molecule has 1 aromatic rings. The lowest BCUT2D eigenvalue weighted by Crippen LogP contribution is -2.39. The van der Waals surface area contributed by atoms with Gasteiger partial charge in [-0.2, -0.15) is 0 Å². The normalized spacial score (nSPS) is 23.5. The van der Waals surface area contributed by atoms with Gasteiger partial charge in [-0.15, -0.1) is 0 Å². The molecule has 2 heterocycles. The molecule has 0 radical (unpaired) electrons. The first kappa shape index (κ1) is 16.1. The first-order valence-corrected chi connectivity index (χ1v) is 9.97. The molecule has 2 amide bonds. The van der Waals surface area contributed by atoms with Crippen LogP contribution in [0.2, 0.25) is 0 Å². The van der Waals surface area contributed by atoms with E-state index in [-0.39, 0.29) is 23.6 Å². The lowest BCUT2D eigenvalue weighted by atomic mass is 10.1. The van der Waals surface area contributed by atoms with Crippen LogP contribution in [0.3, 0.4) is 0 Å². The number of carbonyl (C=O) groups is 1. The fourth-order valence-electron chi connectivity index (χ4n) is 3.24. The molecule has 126 valence electrons. The molecule has 2 fully saturated rings. The minimum atomic E-state index is -2.99. The number of para-hydroxylation sites is 2. The summed E-state index contributed by atoms with van der Waals surface area (Å²) < 4.78 is 22.9. The van der Waals surface area contributed by atoms with E-state index in [1.807, 2.05) is 24.3 Å². The highest BCUT2D eigenvalue weighted by Gasteiger charge is 2.29. The molecule has 0 aromatic heterocycles. The van der Waals surface area contributed by atoms with Crippen molar-refractivity contribution in [3.05, 3.63) is 24.3 Å². The smallest absolute Gasteiger partial charge is 0.319 e. The van der Waals surface area contributed by atoms with Crippen LogP contribution in [-0.4, -0.2) is 45.1 Å². The predicted octanol–water partition coefficient (Wildman–Crippen LogP) is 1.99. The van der Waals surface area contributed by atoms with E-state index in [2.05, 4.69) is 15.5 Å². The molecule has 7 heteroatoms. The second-order valence-corrected chi connectivity index (χ2v) is 8.49. The minimum Gasteiger partial charge on any atom is -0.370 e. The fourth-order valence-corrected chi connectivity index (χ4v) is 4.92. The molecular weight excluding hydrogens is 314 g/mol. The van der Waals surface area contributed by atoms with Gasteiger partial charge in [0.25, 0.3) is 0 Å². The maximum Gasteiger partial charge on any atom is 0.319 e. The maximum absolute atomic E-state index is 12.2. The Labute approximate surface area is 137 Å². The van der Waals surface area contributed by atoms with Crippen LogP contribution in [0.25, 0.3) is 0 Å². The van der Waals surface area contributed by atoms with Crippen molar-refractivity contribution in [3.8, 4) is 0 Å². The second-order valence-electron chi connectivity index (χ2n) is 6.26. The highest BCUT2D eigenvalue weighted by molar-refractivity contribution is 7.91. The van der Waals surface area contributed by atoms with E-state index in [9.17, 15) is 13.2 Å². The summed E-state index contributed by atoms with van der Waals surface area (Å²) in [5.41, 5.74) is 1.80. The van der Waals surface area contributed by atoms with Crippen molar-refractivity contribution in [2.45, 2.75) is 31.7 Å². The van der Waals surface area contributed by atoms with E-state index < -0.39 is 9.84 Å². The zero-order valence-electron chi connectivity index (χ0n) is 13.1. The Morgan fingerprint density at radius 3 is 2.57 bits per heavy atom. The number of rotatable bonds is 3. The average molecular weight is 337 g/mol. The second kappa shape index (κ2) is 6.78. The minimum absolute atomic E-state index is 0.0359. The zero-order chi connectivity index (χ0) is 16.3. The van der Waals surface area contributed by atoms with Gasteiger partial charge in [0.15, 0.2) is 9.84 Å². The number of anilines is 2. The quantitative estimate of drug-likeness (QED) is 0.884. The van der Waals surface area contributed by atoms with Gasteiger partial charge >= 0.3 is 6.03 Å². The Kier molecular flexibility index (Phi) is 4.75. The van der Waals surface area contributed by atoms with Crippen molar-refractivity contribution in [2.75, 3.05) is 34.8 Å². The predicted molar refractivity (Wildman–Crippen MR) is 91.7 cm³/mol. The highest BCUT2D eigenvalue weighted by Crippen LogP contribution is 2.28. The Hall–Kier alpha value is -1.76. The molecule has 2 aliphatic rings. The SMILES string of the molecule is O=C(Nc1ccccc1N1CCCCC1)N[C@H]1CCS(=O)(=O)C1. The molecule has 2 aliphatic heterocycles. The molecule has 2 saturated heterocycles. The molecule has 3 rings (SSSR count). The summed E-state index contributed by atoms with van der Waals surface area (Å²) in [4.78, 5) is 14.5. The Morgan fingerprint density at radius 1 is 1.13 bits per heavy atom. The number of carbonyl (C=O) groups excluding carboxylic acids is 1. The zero-order valence-corrected chi connectivity index (χ0v) is 13.9. The largest absolute Gasteiger partial charge is 0.370 e. The number of nitrogens with zero attached hydrogens (tertiary/aromatic N) is 1. The van der Waals surface area contributed by atoms with Gasteiger partial charge in [-0.3, -0.25) is 0 Å². The first-order chi connectivity index (χ1) is 11.0. The van der Waals surface area contributed by atoms with Gasteiger partial charge in [-0.1, -0.05) is 12.1 Å². The lowest BCUT2D eigenvalue weighted by molar-refractivity contribution is 0.249. The maximum atomic E-state index is 12.2. The number of hydrogen-bond acceptors (Lipinski definition) is 4. The van der Waals surface area contributed by atoms with Crippen molar-refractivity contribution in [3.63, 3.8) is 0 Å². The number of amides is 2. The van der Waals surface area contributed by atoms with Crippen LogP contribution >= 0.6 is 0 Å². The highest BCUT2D eigenvalue weighted by atomic mass is 32.2. The van der Waals surface area contributed by atoms with Crippen LogP contribution in [0, 0.1) is 0 Å². The summed E-state index contributed by atoms with van der Waals surface area (Å²) in [5, 5.41) is 5.64. The van der Waals surface area contributed by atoms with E-state index >= 15 is 0 Å². The monoisotopic (exact) mass is 337 g/mol. The topological polar surface area (TPSA) is 78.5 Å². The van der Waals surface area contributed by atoms with Gasteiger partial charge in [-0.05, 0) is 37.8 Å². The van der Waals surface area contributed by atoms with Crippen molar-refractivity contribution in [2.24, 2.45) is 0 Å². The summed E-state index contributed by atoms with van der Waals surface area (Å²) >= 11 is 0. The molecule has 0 aliphatic carbocycles. The van der Waals surface area contributed by atoms with E-state index in [0.717, 1.165) is 24.5 Å². The summed E-state index contributed by atoms with van der Waals surface area (Å²) in [6, 6.07) is 7.13. The summed E-state index contributed by atoms with van der Waals surface area (Å²) in [7, 11) is -2.99. The van der Waals surface area contributed by atoms with Gasteiger partial charge in [0.2, 0.25) is 0 Å². The van der Waals surface area contributed by atoms with E-state index in [0.29, 0.717) is 6.42 Å². The summed E-state index contributed by atoms with van der Waals surface area (Å²) in [6.07, 6.45) is 4.08.